The first-order valence-corrected chi connectivity index (χ1v) is 11.4. The summed E-state index contributed by atoms with van der Waals surface area (Å²) in [6.07, 6.45) is -7.01. The molecule has 0 aliphatic carbocycles. The first-order valence-electron chi connectivity index (χ1n) is 11.4. The molecule has 1 aromatic heterocycles. The van der Waals surface area contributed by atoms with Gasteiger partial charge in [-0.05, 0) is 6.07 Å². The average Bonchev–Trinajstić information content (AvgIpc) is 3.32. The van der Waals surface area contributed by atoms with Crippen LogP contribution in [0.5, 0.6) is 11.5 Å². The summed E-state index contributed by atoms with van der Waals surface area (Å²) in [4.78, 5) is 48.3. The molecule has 3 atom stereocenters. The molecular weight excluding hydrogens is 549 g/mol. The van der Waals surface area contributed by atoms with Gasteiger partial charge in [-0.15, -0.1) is 0 Å². The van der Waals surface area contributed by atoms with Crippen molar-refractivity contribution >= 4 is 11.6 Å². The van der Waals surface area contributed by atoms with Crippen LogP contribution in [0.4, 0.5) is 18.9 Å². The Morgan fingerprint density at radius 1 is 1.30 bits per heavy atom. The number of aliphatic hydroxyl groups excluding tert-OH is 1. The third-order valence-corrected chi connectivity index (χ3v) is 5.69. The number of hydrogen-bond acceptors (Lipinski definition) is 10. The Kier molecular flexibility index (Phi) is 9.52. The minimum absolute atomic E-state index is 0.0349. The van der Waals surface area contributed by atoms with Gasteiger partial charge in [0.15, 0.2) is 11.5 Å². The van der Waals surface area contributed by atoms with Crippen LogP contribution in [-0.4, -0.2) is 71.2 Å². The molecule has 0 spiro atoms. The van der Waals surface area contributed by atoms with Gasteiger partial charge in [-0.1, -0.05) is 11.8 Å². The number of nitrogens with zero attached hydrogens (tertiary/aromatic N) is 2. The first kappa shape index (κ1) is 30.1. The van der Waals surface area contributed by atoms with Gasteiger partial charge in [0, 0.05) is 12.6 Å². The zero-order valence-electron chi connectivity index (χ0n) is 20.9. The Morgan fingerprint density at radius 2 is 1.98 bits per heavy atom. The van der Waals surface area contributed by atoms with E-state index < -0.39 is 59.8 Å². The molecule has 2 heterocycles. The molecule has 3 rings (SSSR count). The van der Waals surface area contributed by atoms with Crippen LogP contribution in [-0.2, 0) is 20.9 Å². The lowest BCUT2D eigenvalue weighted by molar-refractivity contribution is -0.386. The van der Waals surface area contributed by atoms with Crippen molar-refractivity contribution in [2.45, 2.75) is 37.6 Å². The summed E-state index contributed by atoms with van der Waals surface area (Å²) in [5.74, 6) is 2.60. The van der Waals surface area contributed by atoms with Gasteiger partial charge in [0.05, 0.1) is 56.6 Å². The van der Waals surface area contributed by atoms with Gasteiger partial charge in [-0.2, -0.15) is 13.2 Å². The molecule has 17 heteroatoms. The minimum atomic E-state index is -5.10. The second kappa shape index (κ2) is 12.6. The van der Waals surface area contributed by atoms with Gasteiger partial charge >= 0.3 is 17.8 Å². The topological polar surface area (TPSA) is 184 Å². The normalized spacial score (nSPS) is 18.5. The van der Waals surface area contributed by atoms with Crippen LogP contribution >= 0.6 is 0 Å². The first-order chi connectivity index (χ1) is 18.9. The third-order valence-electron chi connectivity index (χ3n) is 5.69. The number of hydrogen-bond donors (Lipinski definition) is 3. The molecule has 216 valence electrons. The molecule has 1 unspecified atom stereocenters. The number of rotatable bonds is 9. The summed E-state index contributed by atoms with van der Waals surface area (Å²) in [5.41, 5.74) is -2.31. The summed E-state index contributed by atoms with van der Waals surface area (Å²) in [6.45, 7) is -1.56. The van der Waals surface area contributed by atoms with Crippen molar-refractivity contribution in [2.75, 3.05) is 27.4 Å². The van der Waals surface area contributed by atoms with E-state index in [4.69, 9.17) is 18.9 Å². The van der Waals surface area contributed by atoms with Gasteiger partial charge in [-0.25, -0.2) is 4.79 Å². The molecule has 0 radical (unpaired) electrons. The number of carbonyl (C=O) groups excluding carboxylic acids is 1. The molecule has 3 N–H and O–H groups in total. The molecule has 1 saturated heterocycles. The minimum Gasteiger partial charge on any atom is -0.493 e. The standard InChI is InChI=1S/C23H23F3N4O10/c1-37-15-6-13(14(30(35)36)7-16(15)38-2)11-39-17-8-19(40-18(17)10-31)29-9-12(20(32)28-22(29)34)4-3-5-27-21(33)23(24,25)26/h6-7,9,17-19,31H,5,8,10-11H2,1-2H3,(H,27,33)(H,28,32,34)/t17?,18-,19-/m1/s1. The fourth-order valence-corrected chi connectivity index (χ4v) is 3.76. The second-order valence-corrected chi connectivity index (χ2v) is 8.18. The Morgan fingerprint density at radius 3 is 2.58 bits per heavy atom. The van der Waals surface area contributed by atoms with Gasteiger partial charge < -0.3 is 29.4 Å². The number of halogens is 3. The summed E-state index contributed by atoms with van der Waals surface area (Å²) in [6, 6.07) is 2.54. The Balaban J connectivity index is 1.78. The summed E-state index contributed by atoms with van der Waals surface area (Å²) >= 11 is 0. The maximum atomic E-state index is 12.4. The summed E-state index contributed by atoms with van der Waals surface area (Å²) in [7, 11) is 2.67. The molecule has 1 aromatic carbocycles. The number of amides is 1. The third kappa shape index (κ3) is 6.97. The van der Waals surface area contributed by atoms with Crippen LogP contribution in [0.2, 0.25) is 0 Å². The van der Waals surface area contributed by atoms with Crippen molar-refractivity contribution in [1.82, 2.24) is 14.9 Å². The number of carbonyl (C=O) groups is 1. The maximum absolute atomic E-state index is 12.4. The zero-order valence-corrected chi connectivity index (χ0v) is 20.9. The quantitative estimate of drug-likeness (QED) is 0.215. The number of nitro groups is 1. The van der Waals surface area contributed by atoms with Gasteiger partial charge in [0.25, 0.3) is 11.2 Å². The van der Waals surface area contributed by atoms with Crippen molar-refractivity contribution in [3.63, 3.8) is 0 Å². The molecular formula is C23H23F3N4O10. The van der Waals surface area contributed by atoms with E-state index in [-0.39, 0.29) is 41.3 Å². The number of aliphatic hydroxyl groups is 1. The largest absolute Gasteiger partial charge is 0.493 e. The smallest absolute Gasteiger partial charge is 0.471 e. The highest BCUT2D eigenvalue weighted by molar-refractivity contribution is 5.81. The Bertz CT molecular complexity index is 1440. The molecule has 0 bridgehead atoms. The van der Waals surface area contributed by atoms with E-state index in [1.807, 2.05) is 4.98 Å². The number of alkyl halides is 3. The number of benzene rings is 1. The van der Waals surface area contributed by atoms with E-state index in [0.717, 1.165) is 10.8 Å². The highest BCUT2D eigenvalue weighted by Crippen LogP contribution is 2.36. The molecule has 1 aliphatic heterocycles. The molecule has 40 heavy (non-hydrogen) atoms. The molecule has 1 aliphatic rings. The Hall–Kier alpha value is -4.40. The van der Waals surface area contributed by atoms with Crippen molar-refractivity contribution < 1.29 is 46.9 Å². The lowest BCUT2D eigenvalue weighted by atomic mass is 10.1. The predicted octanol–water partition coefficient (Wildman–Crippen LogP) is 0.357. The highest BCUT2D eigenvalue weighted by atomic mass is 19.4. The zero-order chi connectivity index (χ0) is 29.6. The van der Waals surface area contributed by atoms with Crippen molar-refractivity contribution in [3.05, 3.63) is 60.4 Å². The van der Waals surface area contributed by atoms with Crippen LogP contribution in [0.15, 0.2) is 27.9 Å². The van der Waals surface area contributed by atoms with E-state index in [2.05, 4.69) is 11.8 Å². The van der Waals surface area contributed by atoms with E-state index in [1.165, 1.54) is 31.7 Å². The highest BCUT2D eigenvalue weighted by Gasteiger charge is 2.39. The van der Waals surface area contributed by atoms with Crippen molar-refractivity contribution in [2.24, 2.45) is 0 Å². The molecule has 14 nitrogen and oxygen atoms in total. The lowest BCUT2D eigenvalue weighted by Crippen LogP contribution is -2.37. The predicted molar refractivity (Wildman–Crippen MR) is 128 cm³/mol. The number of nitrogens with one attached hydrogen (secondary N) is 2. The monoisotopic (exact) mass is 572 g/mol. The number of aromatic nitrogens is 2. The number of ether oxygens (including phenoxy) is 4. The second-order valence-electron chi connectivity index (χ2n) is 8.18. The van der Waals surface area contributed by atoms with E-state index >= 15 is 0 Å². The summed E-state index contributed by atoms with van der Waals surface area (Å²) < 4.78 is 59.5. The fraction of sp³-hybridized carbons (Fsp3) is 0.435. The molecule has 1 fully saturated rings. The van der Waals surface area contributed by atoms with Gasteiger partial charge in [-0.3, -0.25) is 29.3 Å². The molecule has 1 amide bonds. The Labute approximate surface area is 222 Å². The van der Waals surface area contributed by atoms with Crippen LogP contribution < -0.4 is 26.0 Å². The van der Waals surface area contributed by atoms with Gasteiger partial charge in [0.1, 0.15) is 17.9 Å². The number of nitro benzene ring substituents is 1. The molecule has 0 saturated carbocycles. The maximum Gasteiger partial charge on any atom is 0.471 e. The fourth-order valence-electron chi connectivity index (χ4n) is 3.76. The van der Waals surface area contributed by atoms with Crippen LogP contribution in [0, 0.1) is 22.0 Å². The van der Waals surface area contributed by atoms with Crippen molar-refractivity contribution in [1.29, 1.82) is 0 Å². The number of H-pyrrole nitrogens is 1. The van der Waals surface area contributed by atoms with Crippen LogP contribution in [0.1, 0.15) is 23.8 Å². The van der Waals surface area contributed by atoms with E-state index in [1.54, 1.807) is 0 Å². The summed E-state index contributed by atoms with van der Waals surface area (Å²) in [5, 5.41) is 22.8. The van der Waals surface area contributed by atoms with Crippen LogP contribution in [0.3, 0.4) is 0 Å². The number of aromatic amines is 1. The van der Waals surface area contributed by atoms with E-state index in [9.17, 15) is 42.8 Å². The SMILES string of the molecule is COc1cc(COC2C[C@H](n3cc(C#CCNC(=O)C(F)(F)F)c(=O)[nH]c3=O)O[C@@H]2CO)c([N+](=O)[O-])cc1OC. The number of methoxy groups -OCH3 is 2. The lowest BCUT2D eigenvalue weighted by Gasteiger charge is -2.17. The van der Waals surface area contributed by atoms with Crippen LogP contribution in [0.25, 0.3) is 0 Å². The van der Waals surface area contributed by atoms with Gasteiger partial charge in [0.2, 0.25) is 0 Å². The van der Waals surface area contributed by atoms with Crippen molar-refractivity contribution in [3.8, 4) is 23.3 Å². The molecule has 2 aromatic rings. The van der Waals surface area contributed by atoms with E-state index in [0.29, 0.717) is 0 Å². The average molecular weight is 572 g/mol.